The Hall–Kier alpha value is -2.38. The van der Waals surface area contributed by atoms with Crippen molar-refractivity contribution in [2.45, 2.75) is 20.8 Å². The van der Waals surface area contributed by atoms with Crippen LogP contribution in [0, 0.1) is 41.4 Å². The highest BCUT2D eigenvalue weighted by atomic mass is 16.1. The molecule has 0 aromatic carbocycles. The molecule has 0 amide bonds. The molecule has 0 atom stereocenters. The van der Waals surface area contributed by atoms with Crippen LogP contribution in [0.1, 0.15) is 20.8 Å². The molecule has 0 saturated heterocycles. The standard InChI is InChI=1S/C14H17N3O/c1-6-8-16-13(17-9-7-2)11(10-15)12(18)14(3,4)5/h1-2,16-17H,8-9H2,3-5H3. The van der Waals surface area contributed by atoms with Gasteiger partial charge in [-0.1, -0.05) is 32.6 Å². The number of nitrogens with zero attached hydrogens (tertiary/aromatic N) is 1. The highest BCUT2D eigenvalue weighted by molar-refractivity contribution is 6.03. The molecular formula is C14H17N3O. The zero-order valence-electron chi connectivity index (χ0n) is 10.9. The van der Waals surface area contributed by atoms with Crippen molar-refractivity contribution in [2.24, 2.45) is 5.41 Å². The van der Waals surface area contributed by atoms with Crippen LogP contribution >= 0.6 is 0 Å². The van der Waals surface area contributed by atoms with Gasteiger partial charge in [-0.05, 0) is 0 Å². The molecule has 0 aliphatic rings. The Balaban J connectivity index is 5.37. The largest absolute Gasteiger partial charge is 0.360 e. The van der Waals surface area contributed by atoms with Crippen LogP contribution in [0.4, 0.5) is 0 Å². The van der Waals surface area contributed by atoms with Crippen LogP contribution in [0.5, 0.6) is 0 Å². The van der Waals surface area contributed by atoms with Crippen molar-refractivity contribution in [1.29, 1.82) is 5.26 Å². The van der Waals surface area contributed by atoms with Gasteiger partial charge in [-0.15, -0.1) is 12.8 Å². The van der Waals surface area contributed by atoms with E-state index in [0.29, 0.717) is 0 Å². The summed E-state index contributed by atoms with van der Waals surface area (Å²) in [5, 5.41) is 14.7. The third kappa shape index (κ3) is 4.64. The first-order valence-electron chi connectivity index (χ1n) is 5.42. The summed E-state index contributed by atoms with van der Waals surface area (Å²) in [5.41, 5.74) is -0.639. The number of allylic oxidation sites excluding steroid dienone is 1. The first kappa shape index (κ1) is 15.6. The van der Waals surface area contributed by atoms with E-state index in [1.807, 2.05) is 6.07 Å². The van der Waals surface area contributed by atoms with Crippen LogP contribution in [-0.2, 0) is 4.79 Å². The van der Waals surface area contributed by atoms with Gasteiger partial charge in [0.15, 0.2) is 5.78 Å². The van der Waals surface area contributed by atoms with E-state index in [1.54, 1.807) is 20.8 Å². The molecular weight excluding hydrogens is 226 g/mol. The SMILES string of the molecule is C#CCNC(NCC#C)=C(C#N)C(=O)C(C)(C)C. The van der Waals surface area contributed by atoms with E-state index in [2.05, 4.69) is 22.5 Å². The molecule has 0 rings (SSSR count). The van der Waals surface area contributed by atoms with Crippen molar-refractivity contribution in [3.63, 3.8) is 0 Å². The fraction of sp³-hybridized carbons (Fsp3) is 0.429. The van der Waals surface area contributed by atoms with Crippen molar-refractivity contribution in [3.8, 4) is 30.8 Å². The summed E-state index contributed by atoms with van der Waals surface area (Å²) in [4.78, 5) is 12.1. The number of carbonyl (C=O) groups is 1. The smallest absolute Gasteiger partial charge is 0.182 e. The van der Waals surface area contributed by atoms with Gasteiger partial charge in [-0.25, -0.2) is 0 Å². The van der Waals surface area contributed by atoms with Crippen LogP contribution in [0.3, 0.4) is 0 Å². The number of Topliss-reactive ketones (excluding diaryl/α,β-unsaturated/α-hetero) is 1. The van der Waals surface area contributed by atoms with Gasteiger partial charge < -0.3 is 10.6 Å². The lowest BCUT2D eigenvalue weighted by Crippen LogP contribution is -2.33. The molecule has 0 bridgehead atoms. The number of hydrogen-bond acceptors (Lipinski definition) is 4. The van der Waals surface area contributed by atoms with Crippen LogP contribution < -0.4 is 10.6 Å². The van der Waals surface area contributed by atoms with Gasteiger partial charge >= 0.3 is 0 Å². The molecule has 2 N–H and O–H groups in total. The third-order valence-corrected chi connectivity index (χ3v) is 2.00. The maximum absolute atomic E-state index is 12.1. The summed E-state index contributed by atoms with van der Waals surface area (Å²) in [6.45, 7) is 5.64. The van der Waals surface area contributed by atoms with Gasteiger partial charge in [0.2, 0.25) is 0 Å². The lowest BCUT2D eigenvalue weighted by Gasteiger charge is -2.19. The number of nitriles is 1. The average molecular weight is 243 g/mol. The molecule has 94 valence electrons. The zero-order chi connectivity index (χ0) is 14.2. The number of nitrogens with one attached hydrogen (secondary N) is 2. The van der Waals surface area contributed by atoms with Gasteiger partial charge in [0.25, 0.3) is 0 Å². The van der Waals surface area contributed by atoms with Gasteiger partial charge in [0.1, 0.15) is 17.5 Å². The number of rotatable bonds is 5. The Morgan fingerprint density at radius 1 is 1.17 bits per heavy atom. The summed E-state index contributed by atoms with van der Waals surface area (Å²) in [6.07, 6.45) is 10.3. The van der Waals surface area contributed by atoms with Crippen molar-refractivity contribution >= 4 is 5.78 Å². The topological polar surface area (TPSA) is 64.9 Å². The Bertz CT molecular complexity index is 441. The van der Waals surface area contributed by atoms with Crippen molar-refractivity contribution in [3.05, 3.63) is 11.4 Å². The average Bonchev–Trinajstić information content (AvgIpc) is 2.31. The van der Waals surface area contributed by atoms with Gasteiger partial charge in [-0.2, -0.15) is 5.26 Å². The van der Waals surface area contributed by atoms with E-state index in [4.69, 9.17) is 18.1 Å². The van der Waals surface area contributed by atoms with Gasteiger partial charge in [0, 0.05) is 5.41 Å². The zero-order valence-corrected chi connectivity index (χ0v) is 10.9. The fourth-order valence-electron chi connectivity index (χ4n) is 1.11. The Morgan fingerprint density at radius 2 is 1.61 bits per heavy atom. The predicted octanol–water partition coefficient (Wildman–Crippen LogP) is 0.782. The molecule has 0 saturated carbocycles. The minimum Gasteiger partial charge on any atom is -0.360 e. The number of terminal acetylenes is 2. The number of carbonyl (C=O) groups excluding carboxylic acids is 1. The molecule has 4 heteroatoms. The highest BCUT2D eigenvalue weighted by Gasteiger charge is 2.27. The number of ketones is 1. The van der Waals surface area contributed by atoms with E-state index < -0.39 is 5.41 Å². The van der Waals surface area contributed by atoms with Crippen LogP contribution in [0.25, 0.3) is 0 Å². The second kappa shape index (κ2) is 7.05. The molecule has 0 heterocycles. The van der Waals surface area contributed by atoms with E-state index in [0.717, 1.165) is 0 Å². The molecule has 0 spiro atoms. The highest BCUT2D eigenvalue weighted by Crippen LogP contribution is 2.20. The lowest BCUT2D eigenvalue weighted by atomic mass is 9.86. The minimum atomic E-state index is -0.647. The monoisotopic (exact) mass is 243 g/mol. The molecule has 0 aromatic heterocycles. The Kier molecular flexibility index (Phi) is 6.11. The van der Waals surface area contributed by atoms with E-state index in [9.17, 15) is 4.79 Å². The molecule has 0 aliphatic heterocycles. The predicted molar refractivity (Wildman–Crippen MR) is 70.8 cm³/mol. The van der Waals surface area contributed by atoms with E-state index in [1.165, 1.54) is 0 Å². The second-order valence-corrected chi connectivity index (χ2v) is 4.56. The normalized spacial score (nSPS) is 9.33. The van der Waals surface area contributed by atoms with Crippen LogP contribution in [0.2, 0.25) is 0 Å². The van der Waals surface area contributed by atoms with Gasteiger partial charge in [0.05, 0.1) is 13.1 Å². The van der Waals surface area contributed by atoms with Crippen molar-refractivity contribution in [2.75, 3.05) is 13.1 Å². The molecule has 0 aromatic rings. The maximum atomic E-state index is 12.1. The van der Waals surface area contributed by atoms with Crippen LogP contribution in [-0.4, -0.2) is 18.9 Å². The fourth-order valence-corrected chi connectivity index (χ4v) is 1.11. The molecule has 4 nitrogen and oxygen atoms in total. The number of hydrogen-bond donors (Lipinski definition) is 2. The van der Waals surface area contributed by atoms with Crippen molar-refractivity contribution in [1.82, 2.24) is 10.6 Å². The van der Waals surface area contributed by atoms with E-state index >= 15 is 0 Å². The first-order chi connectivity index (χ1) is 8.38. The molecule has 18 heavy (non-hydrogen) atoms. The summed E-state index contributed by atoms with van der Waals surface area (Å²) >= 11 is 0. The maximum Gasteiger partial charge on any atom is 0.182 e. The molecule has 0 fully saturated rings. The Morgan fingerprint density at radius 3 is 1.89 bits per heavy atom. The summed E-state index contributed by atoms with van der Waals surface area (Å²) < 4.78 is 0. The van der Waals surface area contributed by atoms with Crippen molar-refractivity contribution < 1.29 is 4.79 Å². The summed E-state index contributed by atoms with van der Waals surface area (Å²) in [5.74, 6) is 4.76. The lowest BCUT2D eigenvalue weighted by molar-refractivity contribution is -0.122. The second-order valence-electron chi connectivity index (χ2n) is 4.56. The molecule has 0 radical (unpaired) electrons. The van der Waals surface area contributed by atoms with E-state index in [-0.39, 0.29) is 30.3 Å². The molecule has 0 unspecified atom stereocenters. The molecule has 0 aliphatic carbocycles. The minimum absolute atomic E-state index is 0.00741. The third-order valence-electron chi connectivity index (χ3n) is 2.00. The summed E-state index contributed by atoms with van der Waals surface area (Å²) in [6, 6.07) is 1.89. The van der Waals surface area contributed by atoms with Gasteiger partial charge in [-0.3, -0.25) is 4.79 Å². The summed E-state index contributed by atoms with van der Waals surface area (Å²) in [7, 11) is 0. The quantitative estimate of drug-likeness (QED) is 0.425. The van der Waals surface area contributed by atoms with Crippen LogP contribution in [0.15, 0.2) is 11.4 Å². The Labute approximate surface area is 108 Å². The first-order valence-corrected chi connectivity index (χ1v) is 5.42.